The third-order valence-corrected chi connectivity index (χ3v) is 6.08. The molecule has 1 fully saturated rings. The highest BCUT2D eigenvalue weighted by Crippen LogP contribution is 2.26. The molecule has 1 aliphatic heterocycles. The van der Waals surface area contributed by atoms with Gasteiger partial charge in [0.25, 0.3) is 0 Å². The fraction of sp³-hybridized carbons (Fsp3) is 0.409. The Kier molecular flexibility index (Phi) is 10.2. The summed E-state index contributed by atoms with van der Waals surface area (Å²) in [4.78, 5) is 8.56. The molecule has 1 atom stereocenters. The van der Waals surface area contributed by atoms with Crippen LogP contribution in [0.3, 0.4) is 0 Å². The predicted molar refractivity (Wildman–Crippen MR) is 129 cm³/mol. The summed E-state index contributed by atoms with van der Waals surface area (Å²) in [5.74, 6) is 2.81. The molecule has 4 nitrogen and oxygen atoms in total. The minimum atomic E-state index is 0. The number of nitrogens with one attached hydrogen (secondary N) is 1. The van der Waals surface area contributed by atoms with Gasteiger partial charge in [0.05, 0.1) is 13.2 Å². The van der Waals surface area contributed by atoms with Crippen LogP contribution >= 0.6 is 35.7 Å². The second-order valence-electron chi connectivity index (χ2n) is 6.82. The van der Waals surface area contributed by atoms with Gasteiger partial charge in [-0.2, -0.15) is 0 Å². The average Bonchev–Trinajstić information content (AvgIpc) is 3.19. The monoisotopic (exact) mass is 511 g/mol. The van der Waals surface area contributed by atoms with E-state index in [1.165, 1.54) is 11.3 Å². The van der Waals surface area contributed by atoms with E-state index in [1.54, 1.807) is 0 Å². The van der Waals surface area contributed by atoms with E-state index in [1.807, 2.05) is 36.0 Å². The van der Waals surface area contributed by atoms with Crippen molar-refractivity contribution in [1.29, 1.82) is 0 Å². The molecule has 152 valence electrons. The summed E-state index contributed by atoms with van der Waals surface area (Å²) in [6, 6.07) is 18.6. The molecular weight excluding hydrogens is 481 g/mol. The normalized spacial score (nSPS) is 16.7. The van der Waals surface area contributed by atoms with E-state index in [0.29, 0.717) is 12.5 Å². The maximum absolute atomic E-state index is 9.51. The molecule has 1 unspecified atom stereocenters. The van der Waals surface area contributed by atoms with Crippen molar-refractivity contribution in [1.82, 2.24) is 10.2 Å². The molecule has 0 saturated carbocycles. The van der Waals surface area contributed by atoms with Gasteiger partial charge in [-0.15, -0.1) is 35.7 Å². The second kappa shape index (κ2) is 12.3. The van der Waals surface area contributed by atoms with Gasteiger partial charge in [0.2, 0.25) is 0 Å². The molecular formula is C22H30IN3OS. The lowest BCUT2D eigenvalue weighted by Gasteiger charge is -2.22. The van der Waals surface area contributed by atoms with Crippen molar-refractivity contribution in [2.45, 2.75) is 31.4 Å². The maximum Gasteiger partial charge on any atom is 0.194 e. The van der Waals surface area contributed by atoms with Gasteiger partial charge in [-0.25, -0.2) is 4.99 Å². The van der Waals surface area contributed by atoms with E-state index in [4.69, 9.17) is 4.99 Å². The molecule has 2 aromatic carbocycles. The van der Waals surface area contributed by atoms with Crippen LogP contribution in [0.25, 0.3) is 0 Å². The van der Waals surface area contributed by atoms with Crippen LogP contribution < -0.4 is 5.32 Å². The summed E-state index contributed by atoms with van der Waals surface area (Å²) in [5.41, 5.74) is 2.04. The highest BCUT2D eigenvalue weighted by Gasteiger charge is 2.24. The van der Waals surface area contributed by atoms with Gasteiger partial charge >= 0.3 is 0 Å². The zero-order chi connectivity index (χ0) is 18.9. The Morgan fingerprint density at radius 2 is 1.86 bits per heavy atom. The maximum atomic E-state index is 9.51. The van der Waals surface area contributed by atoms with Crippen molar-refractivity contribution in [3.63, 3.8) is 0 Å². The minimum absolute atomic E-state index is 0. The molecule has 3 rings (SSSR count). The van der Waals surface area contributed by atoms with Crippen LogP contribution in [0.4, 0.5) is 0 Å². The molecule has 0 amide bonds. The summed E-state index contributed by atoms with van der Waals surface area (Å²) in [6.45, 7) is 5.72. The third kappa shape index (κ3) is 6.67. The lowest BCUT2D eigenvalue weighted by atomic mass is 10.1. The summed E-state index contributed by atoms with van der Waals surface area (Å²) < 4.78 is 0. The number of benzene rings is 2. The molecule has 2 N–H and O–H groups in total. The Labute approximate surface area is 189 Å². The second-order valence-corrected chi connectivity index (χ2v) is 7.92. The summed E-state index contributed by atoms with van der Waals surface area (Å²) >= 11 is 1.95. The van der Waals surface area contributed by atoms with E-state index in [9.17, 15) is 5.11 Å². The first kappa shape index (κ1) is 23.0. The minimum Gasteiger partial charge on any atom is -0.392 e. The lowest BCUT2D eigenvalue weighted by molar-refractivity contribution is 0.280. The molecule has 6 heteroatoms. The van der Waals surface area contributed by atoms with Crippen LogP contribution in [0.5, 0.6) is 0 Å². The number of nitrogens with zero attached hydrogens (tertiary/aromatic N) is 2. The highest BCUT2D eigenvalue weighted by atomic mass is 127. The Balaban J connectivity index is 0.00000280. The number of rotatable bonds is 7. The van der Waals surface area contributed by atoms with E-state index < -0.39 is 0 Å². The van der Waals surface area contributed by atoms with Crippen LogP contribution in [0, 0.1) is 5.92 Å². The SMILES string of the molecule is CCNC(=NCc1ccccc1CO)N1CCC(CSc2ccccc2)C1.I. The molecule has 0 bridgehead atoms. The van der Waals surface area contributed by atoms with Crippen molar-refractivity contribution in [3.8, 4) is 0 Å². The Bertz CT molecular complexity index is 742. The number of hydrogen-bond acceptors (Lipinski definition) is 3. The fourth-order valence-corrected chi connectivity index (χ4v) is 4.39. The van der Waals surface area contributed by atoms with Gasteiger partial charge in [0.15, 0.2) is 5.96 Å². The van der Waals surface area contributed by atoms with E-state index in [0.717, 1.165) is 42.5 Å². The molecule has 0 aliphatic carbocycles. The Morgan fingerprint density at radius 3 is 2.57 bits per heavy atom. The number of thioether (sulfide) groups is 1. The summed E-state index contributed by atoms with van der Waals surface area (Å²) in [5, 5.41) is 12.9. The van der Waals surface area contributed by atoms with Crippen LogP contribution in [0.15, 0.2) is 64.5 Å². The molecule has 1 heterocycles. The highest BCUT2D eigenvalue weighted by molar-refractivity contribution is 14.0. The van der Waals surface area contributed by atoms with E-state index in [2.05, 4.69) is 47.5 Å². The first-order chi connectivity index (χ1) is 13.3. The number of halogens is 1. The quantitative estimate of drug-likeness (QED) is 0.251. The standard InChI is InChI=1S/C22H29N3OS.HI/c1-2-23-22(24-14-19-8-6-7-9-20(19)16-26)25-13-12-18(15-25)17-27-21-10-4-3-5-11-21;/h3-11,18,26H,2,12-17H2,1H3,(H,23,24);1H. The van der Waals surface area contributed by atoms with Crippen LogP contribution in [-0.4, -0.2) is 41.4 Å². The van der Waals surface area contributed by atoms with E-state index in [-0.39, 0.29) is 30.6 Å². The van der Waals surface area contributed by atoms with Crippen molar-refractivity contribution in [2.24, 2.45) is 10.9 Å². The van der Waals surface area contributed by atoms with Crippen molar-refractivity contribution in [3.05, 3.63) is 65.7 Å². The first-order valence-corrected chi connectivity index (χ1v) is 10.7. The number of aliphatic imine (C=N–C) groups is 1. The van der Waals surface area contributed by atoms with Gasteiger partial charge in [0.1, 0.15) is 0 Å². The van der Waals surface area contributed by atoms with Gasteiger partial charge in [-0.1, -0.05) is 42.5 Å². The van der Waals surface area contributed by atoms with Gasteiger partial charge in [-0.3, -0.25) is 0 Å². The zero-order valence-electron chi connectivity index (χ0n) is 16.4. The Hall–Kier alpha value is -1.25. The first-order valence-electron chi connectivity index (χ1n) is 9.69. The van der Waals surface area contributed by atoms with Crippen LogP contribution in [0.2, 0.25) is 0 Å². The summed E-state index contributed by atoms with van der Waals surface area (Å²) in [7, 11) is 0. The molecule has 28 heavy (non-hydrogen) atoms. The number of aliphatic hydroxyl groups is 1. The van der Waals surface area contributed by atoms with Gasteiger partial charge in [-0.05, 0) is 42.5 Å². The molecule has 1 saturated heterocycles. The van der Waals surface area contributed by atoms with Gasteiger partial charge in [0, 0.05) is 30.3 Å². The molecule has 2 aromatic rings. The zero-order valence-corrected chi connectivity index (χ0v) is 19.5. The van der Waals surface area contributed by atoms with Crippen molar-refractivity contribution < 1.29 is 5.11 Å². The average molecular weight is 511 g/mol. The van der Waals surface area contributed by atoms with Crippen molar-refractivity contribution >= 4 is 41.7 Å². The van der Waals surface area contributed by atoms with Gasteiger partial charge < -0.3 is 15.3 Å². The fourth-order valence-electron chi connectivity index (χ4n) is 3.34. The number of hydrogen-bond donors (Lipinski definition) is 2. The number of guanidine groups is 1. The summed E-state index contributed by atoms with van der Waals surface area (Å²) in [6.07, 6.45) is 1.21. The lowest BCUT2D eigenvalue weighted by Crippen LogP contribution is -2.40. The van der Waals surface area contributed by atoms with Crippen LogP contribution in [0.1, 0.15) is 24.5 Å². The largest absolute Gasteiger partial charge is 0.392 e. The van der Waals surface area contributed by atoms with Crippen molar-refractivity contribution in [2.75, 3.05) is 25.4 Å². The molecule has 1 aliphatic rings. The smallest absolute Gasteiger partial charge is 0.194 e. The topological polar surface area (TPSA) is 47.9 Å². The molecule has 0 spiro atoms. The predicted octanol–water partition coefficient (Wildman–Crippen LogP) is 4.38. The molecule has 0 radical (unpaired) electrons. The van der Waals surface area contributed by atoms with E-state index >= 15 is 0 Å². The molecule has 0 aromatic heterocycles. The number of aliphatic hydroxyl groups excluding tert-OH is 1. The number of likely N-dealkylation sites (tertiary alicyclic amines) is 1. The Morgan fingerprint density at radius 1 is 1.14 bits per heavy atom. The third-order valence-electron chi connectivity index (χ3n) is 4.84. The van der Waals surface area contributed by atoms with Crippen LogP contribution in [-0.2, 0) is 13.2 Å².